The van der Waals surface area contributed by atoms with Gasteiger partial charge in [-0.2, -0.15) is 10.1 Å². The highest BCUT2D eigenvalue weighted by Gasteiger charge is 2.31. The maximum Gasteiger partial charge on any atom is 0.298 e. The molecule has 3 aromatic carbocycles. The van der Waals surface area contributed by atoms with Crippen molar-refractivity contribution < 1.29 is 9.72 Å². The fourth-order valence-electron chi connectivity index (χ4n) is 3.01. The maximum atomic E-state index is 13.1. The van der Waals surface area contributed by atoms with E-state index < -0.39 is 10.8 Å². The summed E-state index contributed by atoms with van der Waals surface area (Å²) in [5, 5.41) is 16.7. The molecular formula is C23H15BrN4O3. The summed E-state index contributed by atoms with van der Waals surface area (Å²) in [5.41, 5.74) is 1.90. The number of rotatable bonds is 5. The van der Waals surface area contributed by atoms with Crippen molar-refractivity contribution in [2.75, 3.05) is 0 Å². The molecule has 1 aliphatic rings. The van der Waals surface area contributed by atoms with Crippen LogP contribution in [-0.4, -0.2) is 27.9 Å². The highest BCUT2D eigenvalue weighted by molar-refractivity contribution is 9.10. The average molecular weight is 475 g/mol. The Balaban J connectivity index is 1.76. The van der Waals surface area contributed by atoms with Gasteiger partial charge >= 0.3 is 0 Å². The third-order valence-corrected chi connectivity index (χ3v) is 5.24. The van der Waals surface area contributed by atoms with Gasteiger partial charge in [-0.15, -0.1) is 0 Å². The van der Waals surface area contributed by atoms with Gasteiger partial charge in [-0.1, -0.05) is 76.6 Å². The second-order valence-electron chi connectivity index (χ2n) is 6.53. The van der Waals surface area contributed by atoms with E-state index in [2.05, 4.69) is 26.0 Å². The molecule has 152 valence electrons. The van der Waals surface area contributed by atoms with E-state index in [9.17, 15) is 14.9 Å². The number of halogens is 1. The minimum atomic E-state index is -0.488. The highest BCUT2D eigenvalue weighted by atomic mass is 79.9. The first-order valence-corrected chi connectivity index (χ1v) is 10.1. The van der Waals surface area contributed by atoms with E-state index in [1.165, 1.54) is 12.3 Å². The Morgan fingerprint density at radius 1 is 0.935 bits per heavy atom. The number of nitro groups is 1. The lowest BCUT2D eigenvalue weighted by atomic mass is 10.2. The summed E-state index contributed by atoms with van der Waals surface area (Å²) in [7, 11) is 0. The second-order valence-corrected chi connectivity index (χ2v) is 7.38. The normalized spacial score (nSPS) is 15.0. The van der Waals surface area contributed by atoms with Crippen LogP contribution in [0.1, 0.15) is 16.7 Å². The molecule has 0 saturated carbocycles. The van der Waals surface area contributed by atoms with Crippen molar-refractivity contribution in [3.8, 4) is 0 Å². The van der Waals surface area contributed by atoms with Crippen LogP contribution in [0.15, 0.2) is 99.1 Å². The van der Waals surface area contributed by atoms with Crippen LogP contribution in [0.2, 0.25) is 0 Å². The summed E-state index contributed by atoms with van der Waals surface area (Å²) >= 11 is 3.47. The van der Waals surface area contributed by atoms with E-state index in [0.717, 1.165) is 15.0 Å². The largest absolute Gasteiger partial charge is 0.298 e. The van der Waals surface area contributed by atoms with Gasteiger partial charge < -0.3 is 0 Å². The van der Waals surface area contributed by atoms with Crippen LogP contribution < -0.4 is 0 Å². The lowest BCUT2D eigenvalue weighted by Gasteiger charge is -2.11. The molecule has 7 nitrogen and oxygen atoms in total. The Bertz CT molecular complexity index is 1250. The molecule has 0 atom stereocenters. The second kappa shape index (κ2) is 8.85. The quantitative estimate of drug-likeness (QED) is 0.225. The first-order valence-electron chi connectivity index (χ1n) is 9.27. The van der Waals surface area contributed by atoms with Crippen LogP contribution in [0.5, 0.6) is 0 Å². The summed E-state index contributed by atoms with van der Waals surface area (Å²) in [6.45, 7) is 0. The fraction of sp³-hybridized carbons (Fsp3) is 0. The van der Waals surface area contributed by atoms with E-state index in [1.807, 2.05) is 54.6 Å². The molecule has 31 heavy (non-hydrogen) atoms. The lowest BCUT2D eigenvalue weighted by Crippen LogP contribution is -2.27. The molecule has 0 aliphatic carbocycles. The maximum absolute atomic E-state index is 13.1. The molecule has 0 radical (unpaired) electrons. The average Bonchev–Trinajstić information content (AvgIpc) is 3.10. The number of carbonyl (C=O) groups excluding carboxylic acids is 1. The van der Waals surface area contributed by atoms with Crippen LogP contribution in [0, 0.1) is 10.1 Å². The van der Waals surface area contributed by atoms with Crippen molar-refractivity contribution in [2.24, 2.45) is 10.1 Å². The number of hydrogen-bond acceptors (Lipinski definition) is 5. The molecule has 0 aromatic heterocycles. The topological polar surface area (TPSA) is 88.2 Å². The first-order chi connectivity index (χ1) is 15.0. The van der Waals surface area contributed by atoms with E-state index >= 15 is 0 Å². The number of carbonyl (C=O) groups is 1. The summed E-state index contributed by atoms with van der Waals surface area (Å²) in [6, 6.07) is 22.9. The van der Waals surface area contributed by atoms with Crippen LogP contribution in [0.4, 0.5) is 5.69 Å². The van der Waals surface area contributed by atoms with Gasteiger partial charge in [-0.3, -0.25) is 14.9 Å². The minimum absolute atomic E-state index is 0.0972. The third kappa shape index (κ3) is 4.34. The Morgan fingerprint density at radius 3 is 2.29 bits per heavy atom. The molecule has 0 fully saturated rings. The van der Waals surface area contributed by atoms with Crippen LogP contribution >= 0.6 is 15.9 Å². The smallest absolute Gasteiger partial charge is 0.265 e. The molecule has 0 spiro atoms. The number of nitro benzene ring substituents is 1. The molecular weight excluding hydrogens is 460 g/mol. The minimum Gasteiger partial charge on any atom is -0.265 e. The Labute approximate surface area is 186 Å². The summed E-state index contributed by atoms with van der Waals surface area (Å²) < 4.78 is 0.827. The number of amides is 1. The van der Waals surface area contributed by atoms with Gasteiger partial charge in [-0.25, -0.2) is 4.99 Å². The Kier molecular flexibility index (Phi) is 5.81. The van der Waals surface area contributed by atoms with Gasteiger partial charge in [0.05, 0.1) is 16.7 Å². The summed E-state index contributed by atoms with van der Waals surface area (Å²) in [5.74, 6) is -0.0804. The Morgan fingerprint density at radius 2 is 1.58 bits per heavy atom. The summed E-state index contributed by atoms with van der Waals surface area (Å²) in [4.78, 5) is 28.4. The predicted molar refractivity (Wildman–Crippen MR) is 123 cm³/mol. The molecule has 4 rings (SSSR count). The zero-order valence-electron chi connectivity index (χ0n) is 16.1. The van der Waals surface area contributed by atoms with Gasteiger partial charge in [0, 0.05) is 16.1 Å². The molecule has 0 N–H and O–H groups in total. The number of hydrazone groups is 1. The number of hydrogen-bond donors (Lipinski definition) is 0. The van der Waals surface area contributed by atoms with Crippen molar-refractivity contribution in [3.05, 3.63) is 116 Å². The van der Waals surface area contributed by atoms with Crippen LogP contribution in [-0.2, 0) is 4.79 Å². The third-order valence-electron chi connectivity index (χ3n) is 4.51. The zero-order chi connectivity index (χ0) is 21.8. The molecule has 1 heterocycles. The highest BCUT2D eigenvalue weighted by Crippen LogP contribution is 2.26. The Hall–Kier alpha value is -3.91. The van der Waals surface area contributed by atoms with Gasteiger partial charge in [0.25, 0.3) is 11.6 Å². The number of amidine groups is 1. The number of benzene rings is 3. The molecule has 0 unspecified atom stereocenters. The summed E-state index contributed by atoms with van der Waals surface area (Å²) in [6.07, 6.45) is 2.98. The standard InChI is InChI=1S/C23H15BrN4O3/c24-19-12-6-4-10-17(19)14-20-23(29)27(22(26-20)16-8-2-1-3-9-16)25-15-18-11-5-7-13-21(18)28(30)31/h1-15H/b20-14+,25-15+. The molecule has 1 aliphatic heterocycles. The van der Waals surface area contributed by atoms with Crippen molar-refractivity contribution in [3.63, 3.8) is 0 Å². The van der Waals surface area contributed by atoms with Crippen molar-refractivity contribution in [1.29, 1.82) is 0 Å². The number of para-hydroxylation sites is 1. The van der Waals surface area contributed by atoms with E-state index in [1.54, 1.807) is 24.3 Å². The lowest BCUT2D eigenvalue weighted by molar-refractivity contribution is -0.385. The predicted octanol–water partition coefficient (Wildman–Crippen LogP) is 5.02. The van der Waals surface area contributed by atoms with Crippen LogP contribution in [0.3, 0.4) is 0 Å². The molecule has 0 saturated heterocycles. The van der Waals surface area contributed by atoms with Gasteiger partial charge in [0.1, 0.15) is 5.70 Å². The van der Waals surface area contributed by atoms with Crippen molar-refractivity contribution in [1.82, 2.24) is 5.01 Å². The van der Waals surface area contributed by atoms with Gasteiger partial charge in [-0.05, 0) is 23.8 Å². The monoisotopic (exact) mass is 474 g/mol. The van der Waals surface area contributed by atoms with Crippen molar-refractivity contribution >= 4 is 45.7 Å². The molecule has 8 heteroatoms. The number of aliphatic imine (C=N–C) groups is 1. The first kappa shape index (κ1) is 20.4. The fourth-order valence-corrected chi connectivity index (χ4v) is 3.41. The molecule has 3 aromatic rings. The van der Waals surface area contributed by atoms with E-state index in [4.69, 9.17) is 0 Å². The molecule has 1 amide bonds. The number of nitrogens with zero attached hydrogens (tertiary/aromatic N) is 4. The van der Waals surface area contributed by atoms with E-state index in [-0.39, 0.29) is 16.9 Å². The zero-order valence-corrected chi connectivity index (χ0v) is 17.6. The van der Waals surface area contributed by atoms with Gasteiger partial charge in [0.15, 0.2) is 5.84 Å². The molecule has 0 bridgehead atoms. The van der Waals surface area contributed by atoms with Gasteiger partial charge in [0.2, 0.25) is 0 Å². The SMILES string of the molecule is O=C1/C(=C\c2ccccc2Br)N=C(c2ccccc2)N1/N=C/c1ccccc1[N+](=O)[O-]. The van der Waals surface area contributed by atoms with Crippen LogP contribution in [0.25, 0.3) is 6.08 Å². The van der Waals surface area contributed by atoms with Crippen molar-refractivity contribution in [2.45, 2.75) is 0 Å². The van der Waals surface area contributed by atoms with E-state index in [0.29, 0.717) is 11.4 Å².